The van der Waals surface area contributed by atoms with E-state index in [0.29, 0.717) is 6.07 Å². The quantitative estimate of drug-likeness (QED) is 0.873. The van der Waals surface area contributed by atoms with Gasteiger partial charge in [0.2, 0.25) is 10.0 Å². The molecule has 0 saturated heterocycles. The van der Waals surface area contributed by atoms with Gasteiger partial charge < -0.3 is 5.73 Å². The highest BCUT2D eigenvalue weighted by atomic mass is 32.2. The van der Waals surface area contributed by atoms with Gasteiger partial charge >= 0.3 is 6.18 Å². The second-order valence-electron chi connectivity index (χ2n) is 5.41. The fraction of sp³-hybridized carbons (Fsp3) is 0.538. The van der Waals surface area contributed by atoms with Crippen LogP contribution in [0.4, 0.5) is 13.2 Å². The predicted molar refractivity (Wildman–Crippen MR) is 74.1 cm³/mol. The van der Waals surface area contributed by atoms with Gasteiger partial charge in [-0.1, -0.05) is 19.9 Å². The van der Waals surface area contributed by atoms with E-state index in [2.05, 4.69) is 4.72 Å². The van der Waals surface area contributed by atoms with Crippen LogP contribution in [0.1, 0.15) is 26.3 Å². The maximum absolute atomic E-state index is 12.7. The number of nitrogens with one attached hydrogen (secondary N) is 1. The Kier molecular flexibility index (Phi) is 5.07. The largest absolute Gasteiger partial charge is 0.416 e. The lowest BCUT2D eigenvalue weighted by Gasteiger charge is -2.33. The van der Waals surface area contributed by atoms with Crippen LogP contribution in [0.15, 0.2) is 29.2 Å². The minimum absolute atomic E-state index is 0.0306. The zero-order chi connectivity index (χ0) is 16.5. The molecule has 0 aliphatic heterocycles. The van der Waals surface area contributed by atoms with Crippen molar-refractivity contribution in [3.63, 3.8) is 0 Å². The molecule has 0 aliphatic rings. The van der Waals surface area contributed by atoms with E-state index in [1.54, 1.807) is 20.8 Å². The first-order valence-electron chi connectivity index (χ1n) is 6.34. The van der Waals surface area contributed by atoms with Crippen LogP contribution in [0, 0.1) is 5.92 Å². The Balaban J connectivity index is 3.21. The van der Waals surface area contributed by atoms with Gasteiger partial charge in [0.15, 0.2) is 0 Å². The van der Waals surface area contributed by atoms with Crippen molar-refractivity contribution in [3.05, 3.63) is 29.8 Å². The lowest BCUT2D eigenvalue weighted by molar-refractivity contribution is -0.137. The molecular weight excluding hydrogens is 305 g/mol. The number of halogens is 3. The molecule has 0 aliphatic carbocycles. The summed E-state index contributed by atoms with van der Waals surface area (Å²) in [4.78, 5) is -0.433. The molecular formula is C13H19F3N2O2S. The van der Waals surface area contributed by atoms with Crippen molar-refractivity contribution in [2.24, 2.45) is 11.7 Å². The maximum atomic E-state index is 12.7. The third-order valence-electron chi connectivity index (χ3n) is 3.54. The average molecular weight is 324 g/mol. The lowest BCUT2D eigenvalue weighted by atomic mass is 9.90. The Hall–Kier alpha value is -1.12. The number of sulfonamides is 1. The molecule has 1 aromatic rings. The molecule has 0 amide bonds. The van der Waals surface area contributed by atoms with E-state index in [0.717, 1.165) is 18.2 Å². The van der Waals surface area contributed by atoms with Gasteiger partial charge in [0.05, 0.1) is 10.5 Å². The molecule has 1 atom stereocenters. The summed E-state index contributed by atoms with van der Waals surface area (Å²) in [6.45, 7) is 5.20. The molecule has 4 nitrogen and oxygen atoms in total. The zero-order valence-electron chi connectivity index (χ0n) is 12.0. The Bertz CT molecular complexity index is 600. The number of hydrogen-bond acceptors (Lipinski definition) is 3. The maximum Gasteiger partial charge on any atom is 0.416 e. The number of rotatable bonds is 5. The van der Waals surface area contributed by atoms with Gasteiger partial charge in [0, 0.05) is 12.1 Å². The highest BCUT2D eigenvalue weighted by Crippen LogP contribution is 2.30. The molecule has 120 valence electrons. The van der Waals surface area contributed by atoms with E-state index in [1.165, 1.54) is 0 Å². The van der Waals surface area contributed by atoms with Crippen molar-refractivity contribution in [2.75, 3.05) is 6.54 Å². The highest BCUT2D eigenvalue weighted by molar-refractivity contribution is 7.89. The first kappa shape index (κ1) is 17.9. The Labute approximate surface area is 122 Å². The van der Waals surface area contributed by atoms with Gasteiger partial charge in [0.1, 0.15) is 0 Å². The smallest absolute Gasteiger partial charge is 0.329 e. The first-order chi connectivity index (χ1) is 9.42. The molecule has 8 heteroatoms. The number of alkyl halides is 3. The van der Waals surface area contributed by atoms with Crippen molar-refractivity contribution in [2.45, 2.75) is 37.4 Å². The molecule has 0 fully saturated rings. The van der Waals surface area contributed by atoms with E-state index in [-0.39, 0.29) is 12.5 Å². The minimum atomic E-state index is -4.60. The summed E-state index contributed by atoms with van der Waals surface area (Å²) in [6, 6.07) is 3.62. The lowest BCUT2D eigenvalue weighted by Crippen LogP contribution is -2.54. The van der Waals surface area contributed by atoms with Crippen molar-refractivity contribution in [1.82, 2.24) is 4.72 Å². The Morgan fingerprint density at radius 3 is 2.29 bits per heavy atom. The molecule has 1 aromatic carbocycles. The SMILES string of the molecule is CC(C)C(C)(CN)NS(=O)(=O)c1cccc(C(F)(F)F)c1. The average Bonchev–Trinajstić information content (AvgIpc) is 2.37. The Morgan fingerprint density at radius 1 is 1.29 bits per heavy atom. The van der Waals surface area contributed by atoms with Crippen molar-refractivity contribution in [1.29, 1.82) is 0 Å². The van der Waals surface area contributed by atoms with Crippen LogP contribution in [-0.4, -0.2) is 20.5 Å². The predicted octanol–water partition coefficient (Wildman–Crippen LogP) is 2.36. The molecule has 0 aromatic heterocycles. The standard InChI is InChI=1S/C13H19F3N2O2S/c1-9(2)12(3,8-17)18-21(19,20)11-6-4-5-10(7-11)13(14,15)16/h4-7,9,18H,8,17H2,1-3H3. The molecule has 0 radical (unpaired) electrons. The highest BCUT2D eigenvalue weighted by Gasteiger charge is 2.35. The molecule has 0 bridgehead atoms. The van der Waals surface area contributed by atoms with Crippen LogP contribution in [0.3, 0.4) is 0 Å². The van der Waals surface area contributed by atoms with E-state index in [9.17, 15) is 21.6 Å². The third kappa shape index (κ3) is 4.18. The molecule has 0 saturated carbocycles. The van der Waals surface area contributed by atoms with Crippen molar-refractivity contribution in [3.8, 4) is 0 Å². The zero-order valence-corrected chi connectivity index (χ0v) is 12.8. The van der Waals surface area contributed by atoms with Gasteiger partial charge in [-0.3, -0.25) is 0 Å². The van der Waals surface area contributed by atoms with E-state index in [4.69, 9.17) is 5.73 Å². The summed E-state index contributed by atoms with van der Waals surface area (Å²) in [6.07, 6.45) is -4.60. The number of nitrogens with two attached hydrogens (primary N) is 1. The number of hydrogen-bond donors (Lipinski definition) is 2. The van der Waals surface area contributed by atoms with Crippen LogP contribution in [0.2, 0.25) is 0 Å². The molecule has 1 unspecified atom stereocenters. The van der Waals surface area contributed by atoms with Crippen LogP contribution in [0.5, 0.6) is 0 Å². The van der Waals surface area contributed by atoms with Gasteiger partial charge in [0.25, 0.3) is 0 Å². The summed E-state index contributed by atoms with van der Waals surface area (Å²) in [5.74, 6) is -0.122. The fourth-order valence-electron chi connectivity index (χ4n) is 1.60. The van der Waals surface area contributed by atoms with Gasteiger partial charge in [-0.05, 0) is 31.0 Å². The van der Waals surface area contributed by atoms with Crippen LogP contribution in [-0.2, 0) is 16.2 Å². The van der Waals surface area contributed by atoms with Crippen LogP contribution < -0.4 is 10.5 Å². The van der Waals surface area contributed by atoms with Gasteiger partial charge in [-0.25, -0.2) is 13.1 Å². The summed E-state index contributed by atoms with van der Waals surface area (Å²) < 4.78 is 64.9. The number of benzene rings is 1. The summed E-state index contributed by atoms with van der Waals surface area (Å²) in [7, 11) is -4.09. The molecule has 0 heterocycles. The fourth-order valence-corrected chi connectivity index (χ4v) is 3.19. The van der Waals surface area contributed by atoms with Gasteiger partial charge in [-0.15, -0.1) is 0 Å². The van der Waals surface area contributed by atoms with Crippen LogP contribution >= 0.6 is 0 Å². The molecule has 21 heavy (non-hydrogen) atoms. The van der Waals surface area contributed by atoms with Crippen molar-refractivity contribution < 1.29 is 21.6 Å². The molecule has 0 spiro atoms. The summed E-state index contributed by atoms with van der Waals surface area (Å²) >= 11 is 0. The molecule has 3 N–H and O–H groups in total. The first-order valence-corrected chi connectivity index (χ1v) is 7.82. The second-order valence-corrected chi connectivity index (χ2v) is 7.09. The molecule has 1 rings (SSSR count). The topological polar surface area (TPSA) is 72.2 Å². The van der Waals surface area contributed by atoms with E-state index < -0.39 is 32.2 Å². The van der Waals surface area contributed by atoms with Gasteiger partial charge in [-0.2, -0.15) is 13.2 Å². The summed E-state index contributed by atoms with van der Waals surface area (Å²) in [5.41, 5.74) is 3.64. The third-order valence-corrected chi connectivity index (χ3v) is 5.15. The van der Waals surface area contributed by atoms with E-state index in [1.807, 2.05) is 0 Å². The Morgan fingerprint density at radius 2 is 1.86 bits per heavy atom. The normalized spacial score (nSPS) is 16.0. The monoisotopic (exact) mass is 324 g/mol. The second kappa shape index (κ2) is 5.94. The minimum Gasteiger partial charge on any atom is -0.329 e. The van der Waals surface area contributed by atoms with Crippen LogP contribution in [0.25, 0.3) is 0 Å². The van der Waals surface area contributed by atoms with E-state index >= 15 is 0 Å². The van der Waals surface area contributed by atoms with Crippen molar-refractivity contribution >= 4 is 10.0 Å². The summed E-state index contributed by atoms with van der Waals surface area (Å²) in [5, 5.41) is 0.